The van der Waals surface area contributed by atoms with E-state index in [-0.39, 0.29) is 24.3 Å². The van der Waals surface area contributed by atoms with Gasteiger partial charge in [0.15, 0.2) is 11.6 Å². The van der Waals surface area contributed by atoms with E-state index in [0.717, 1.165) is 12.1 Å². The molecule has 0 radical (unpaired) electrons. The monoisotopic (exact) mass is 561 g/mol. The standard InChI is InChI=1S/C28H33F2N3O7/c1-15(2)27(33-25(36)11-18-10-17(16(3)34)8-9-24(18)40-4)28(39)32-22(12-26(37)38)23(35)14-31-13-19-20(29)6-5-7-21(19)30/h5-10,15,22,27,31H,11-14H2,1-4H3,(H,32,39)(H,33,36)(H,37,38)/t22-,27-/m0/s1. The molecule has 0 saturated heterocycles. The van der Waals surface area contributed by atoms with E-state index in [1.807, 2.05) is 0 Å². The summed E-state index contributed by atoms with van der Waals surface area (Å²) in [5.41, 5.74) is 0.511. The third kappa shape index (κ3) is 9.23. The maximum absolute atomic E-state index is 13.8. The number of carboxylic acid groups (broad SMARTS) is 1. The highest BCUT2D eigenvalue weighted by Gasteiger charge is 2.30. The van der Waals surface area contributed by atoms with Gasteiger partial charge >= 0.3 is 5.97 Å². The number of amides is 2. The van der Waals surface area contributed by atoms with Gasteiger partial charge in [-0.3, -0.25) is 24.0 Å². The van der Waals surface area contributed by atoms with E-state index < -0.39 is 66.2 Å². The Hall–Kier alpha value is -4.19. The van der Waals surface area contributed by atoms with Crippen LogP contribution in [0.2, 0.25) is 0 Å². The lowest BCUT2D eigenvalue weighted by Crippen LogP contribution is -2.55. The number of hydrogen-bond donors (Lipinski definition) is 4. The molecule has 0 saturated carbocycles. The molecule has 0 aliphatic carbocycles. The molecule has 216 valence electrons. The molecule has 0 aliphatic rings. The van der Waals surface area contributed by atoms with Gasteiger partial charge in [-0.2, -0.15) is 0 Å². The minimum atomic E-state index is -1.46. The van der Waals surface area contributed by atoms with E-state index in [9.17, 15) is 37.9 Å². The van der Waals surface area contributed by atoms with Crippen LogP contribution in [0.4, 0.5) is 8.78 Å². The molecule has 4 N–H and O–H groups in total. The van der Waals surface area contributed by atoms with Gasteiger partial charge in [-0.25, -0.2) is 8.78 Å². The highest BCUT2D eigenvalue weighted by Crippen LogP contribution is 2.21. The minimum absolute atomic E-state index is 0.202. The van der Waals surface area contributed by atoms with Crippen LogP contribution >= 0.6 is 0 Å². The second kappa shape index (κ2) is 14.8. The first kappa shape index (κ1) is 32.0. The Kier molecular flexibility index (Phi) is 11.9. The number of ketones is 2. The van der Waals surface area contributed by atoms with Crippen molar-refractivity contribution in [2.75, 3.05) is 13.7 Å². The van der Waals surface area contributed by atoms with Crippen molar-refractivity contribution in [1.82, 2.24) is 16.0 Å². The molecule has 0 unspecified atom stereocenters. The van der Waals surface area contributed by atoms with E-state index in [0.29, 0.717) is 16.9 Å². The van der Waals surface area contributed by atoms with Gasteiger partial charge in [-0.15, -0.1) is 0 Å². The number of hydrogen-bond acceptors (Lipinski definition) is 7. The Morgan fingerprint density at radius 1 is 1.00 bits per heavy atom. The molecule has 0 spiro atoms. The third-order valence-electron chi connectivity index (χ3n) is 6.05. The maximum atomic E-state index is 13.8. The van der Waals surface area contributed by atoms with Crippen molar-refractivity contribution in [1.29, 1.82) is 0 Å². The molecule has 10 nitrogen and oxygen atoms in total. The first-order valence-corrected chi connectivity index (χ1v) is 12.5. The molecule has 0 bridgehead atoms. The largest absolute Gasteiger partial charge is 0.496 e. The lowest BCUT2D eigenvalue weighted by Gasteiger charge is -2.25. The summed E-state index contributed by atoms with van der Waals surface area (Å²) in [6.07, 6.45) is -0.955. The number of ether oxygens (including phenoxy) is 1. The lowest BCUT2D eigenvalue weighted by molar-refractivity contribution is -0.140. The van der Waals surface area contributed by atoms with E-state index >= 15 is 0 Å². The van der Waals surface area contributed by atoms with Gasteiger partial charge in [0.05, 0.1) is 32.5 Å². The zero-order valence-corrected chi connectivity index (χ0v) is 22.7. The van der Waals surface area contributed by atoms with E-state index in [1.165, 1.54) is 26.2 Å². The van der Waals surface area contributed by atoms with Gasteiger partial charge in [0, 0.05) is 23.2 Å². The van der Waals surface area contributed by atoms with Crippen molar-refractivity contribution in [3.8, 4) is 5.75 Å². The molecule has 0 aromatic heterocycles. The van der Waals surface area contributed by atoms with Crippen molar-refractivity contribution >= 4 is 29.4 Å². The Balaban J connectivity index is 2.09. The predicted octanol–water partition coefficient (Wildman–Crippen LogP) is 2.18. The average molecular weight is 562 g/mol. The molecule has 2 aromatic carbocycles. The van der Waals surface area contributed by atoms with Crippen molar-refractivity contribution < 1.29 is 42.6 Å². The fourth-order valence-corrected chi connectivity index (χ4v) is 3.88. The molecule has 2 atom stereocenters. The zero-order valence-electron chi connectivity index (χ0n) is 22.7. The quantitative estimate of drug-likeness (QED) is 0.242. The Morgan fingerprint density at radius 3 is 2.20 bits per heavy atom. The molecule has 40 heavy (non-hydrogen) atoms. The fraction of sp³-hybridized carbons (Fsp3) is 0.393. The number of aliphatic carboxylic acids is 1. The van der Waals surface area contributed by atoms with Crippen LogP contribution < -0.4 is 20.7 Å². The van der Waals surface area contributed by atoms with Crippen LogP contribution in [0, 0.1) is 17.6 Å². The number of halogens is 2. The van der Waals surface area contributed by atoms with Crippen molar-refractivity contribution in [3.63, 3.8) is 0 Å². The Morgan fingerprint density at radius 2 is 1.65 bits per heavy atom. The van der Waals surface area contributed by atoms with Gasteiger partial charge in [0.1, 0.15) is 23.4 Å². The minimum Gasteiger partial charge on any atom is -0.496 e. The summed E-state index contributed by atoms with van der Waals surface area (Å²) in [4.78, 5) is 61.7. The van der Waals surface area contributed by atoms with Gasteiger partial charge in [-0.05, 0) is 43.2 Å². The second-order valence-corrected chi connectivity index (χ2v) is 9.48. The molecule has 2 aromatic rings. The molecular formula is C28H33F2N3O7. The molecule has 0 heterocycles. The normalized spacial score (nSPS) is 12.4. The predicted molar refractivity (Wildman–Crippen MR) is 141 cm³/mol. The summed E-state index contributed by atoms with van der Waals surface area (Å²) in [5.74, 6) is -5.33. The number of Topliss-reactive ketones (excluding diaryl/α,β-unsaturated/α-hetero) is 2. The van der Waals surface area contributed by atoms with Crippen LogP contribution in [0.3, 0.4) is 0 Å². The van der Waals surface area contributed by atoms with Crippen LogP contribution in [0.1, 0.15) is 48.7 Å². The molecule has 0 aliphatic heterocycles. The van der Waals surface area contributed by atoms with Crippen LogP contribution in [-0.2, 0) is 32.1 Å². The lowest BCUT2D eigenvalue weighted by atomic mass is 10.00. The number of carbonyl (C=O) groups is 5. The third-order valence-corrected chi connectivity index (χ3v) is 6.05. The van der Waals surface area contributed by atoms with Crippen LogP contribution in [-0.4, -0.2) is 60.2 Å². The maximum Gasteiger partial charge on any atom is 0.305 e. The first-order valence-electron chi connectivity index (χ1n) is 12.5. The van der Waals surface area contributed by atoms with E-state index in [2.05, 4.69) is 16.0 Å². The molecule has 2 rings (SSSR count). The highest BCUT2D eigenvalue weighted by molar-refractivity contribution is 5.96. The van der Waals surface area contributed by atoms with Gasteiger partial charge in [0.2, 0.25) is 11.8 Å². The molecule has 0 fully saturated rings. The van der Waals surface area contributed by atoms with E-state index in [1.54, 1.807) is 26.0 Å². The number of carbonyl (C=O) groups excluding carboxylic acids is 4. The highest BCUT2D eigenvalue weighted by atomic mass is 19.1. The molecular weight excluding hydrogens is 528 g/mol. The van der Waals surface area contributed by atoms with Crippen molar-refractivity contribution in [2.24, 2.45) is 5.92 Å². The second-order valence-electron chi connectivity index (χ2n) is 9.48. The Bertz CT molecular complexity index is 1250. The number of nitrogens with one attached hydrogen (secondary N) is 3. The van der Waals surface area contributed by atoms with E-state index in [4.69, 9.17) is 4.74 Å². The fourth-order valence-electron chi connectivity index (χ4n) is 3.88. The summed E-state index contributed by atoms with van der Waals surface area (Å²) in [7, 11) is 1.41. The zero-order chi connectivity index (χ0) is 30.0. The first-order chi connectivity index (χ1) is 18.8. The summed E-state index contributed by atoms with van der Waals surface area (Å²) < 4.78 is 32.9. The summed E-state index contributed by atoms with van der Waals surface area (Å²) >= 11 is 0. The van der Waals surface area contributed by atoms with Gasteiger partial charge in [0.25, 0.3) is 0 Å². The van der Waals surface area contributed by atoms with Crippen molar-refractivity contribution in [3.05, 3.63) is 64.7 Å². The summed E-state index contributed by atoms with van der Waals surface area (Å²) in [6.45, 7) is 3.88. The topological polar surface area (TPSA) is 151 Å². The van der Waals surface area contributed by atoms with Crippen LogP contribution in [0.15, 0.2) is 36.4 Å². The SMILES string of the molecule is COc1ccc(C(C)=O)cc1CC(=O)N[C@H](C(=O)N[C@@H](CC(=O)O)C(=O)CNCc1c(F)cccc1F)C(C)C. The number of carboxylic acids is 1. The smallest absolute Gasteiger partial charge is 0.305 e. The average Bonchev–Trinajstić information content (AvgIpc) is 2.87. The summed E-state index contributed by atoms with van der Waals surface area (Å²) in [6, 6.07) is 5.37. The van der Waals surface area contributed by atoms with Gasteiger partial charge < -0.3 is 25.8 Å². The Labute approximate surface area is 230 Å². The molecule has 12 heteroatoms. The van der Waals surface area contributed by atoms with Crippen LogP contribution in [0.5, 0.6) is 5.75 Å². The molecule has 2 amide bonds. The van der Waals surface area contributed by atoms with Gasteiger partial charge in [-0.1, -0.05) is 19.9 Å². The number of methoxy groups -OCH3 is 1. The van der Waals surface area contributed by atoms with Crippen molar-refractivity contribution in [2.45, 2.75) is 52.2 Å². The van der Waals surface area contributed by atoms with Crippen LogP contribution in [0.25, 0.3) is 0 Å². The number of benzene rings is 2. The summed E-state index contributed by atoms with van der Waals surface area (Å²) in [5, 5.41) is 16.8. The number of rotatable bonds is 15.